The smallest absolute Gasteiger partial charge is 0.241 e. The number of aryl methyl sites for hydroxylation is 1. The number of aromatic nitrogens is 1. The first-order valence-corrected chi connectivity index (χ1v) is 8.99. The molecule has 1 heterocycles. The summed E-state index contributed by atoms with van der Waals surface area (Å²) in [4.78, 5) is 4.36. The Bertz CT molecular complexity index is 640. The van der Waals surface area contributed by atoms with E-state index in [2.05, 4.69) is 9.71 Å². The lowest BCUT2D eigenvalue weighted by molar-refractivity contribution is 0.566. The van der Waals surface area contributed by atoms with Crippen molar-refractivity contribution in [2.24, 2.45) is 0 Å². The first-order chi connectivity index (χ1) is 9.53. The number of thiazole rings is 1. The second-order valence-corrected chi connectivity index (χ2v) is 7.31. The third-order valence-electron chi connectivity index (χ3n) is 2.77. The topological polar surface area (TPSA) is 59.1 Å². The van der Waals surface area contributed by atoms with Crippen LogP contribution >= 0.6 is 22.9 Å². The second kappa shape index (κ2) is 6.67. The molecule has 1 aromatic heterocycles. The van der Waals surface area contributed by atoms with E-state index in [1.165, 1.54) is 11.3 Å². The number of nitrogens with one attached hydrogen (secondary N) is 1. The molecule has 20 heavy (non-hydrogen) atoms. The highest BCUT2D eigenvalue weighted by Gasteiger charge is 2.19. The van der Waals surface area contributed by atoms with E-state index < -0.39 is 10.0 Å². The number of nitrogens with zero attached hydrogens (tertiary/aromatic N) is 1. The fourth-order valence-electron chi connectivity index (χ4n) is 1.74. The SMILES string of the molecule is CC(NS(=O)(=O)c1ccc(CCCl)cc1)c1nccs1. The molecule has 1 N–H and O–H groups in total. The maximum Gasteiger partial charge on any atom is 0.241 e. The van der Waals surface area contributed by atoms with E-state index in [0.717, 1.165) is 17.0 Å². The summed E-state index contributed by atoms with van der Waals surface area (Å²) in [5.41, 5.74) is 1.02. The van der Waals surface area contributed by atoms with Crippen molar-refractivity contribution in [2.75, 3.05) is 5.88 Å². The maximum absolute atomic E-state index is 12.2. The Morgan fingerprint density at radius 1 is 1.35 bits per heavy atom. The van der Waals surface area contributed by atoms with Crippen molar-refractivity contribution in [1.29, 1.82) is 0 Å². The van der Waals surface area contributed by atoms with Crippen molar-refractivity contribution in [3.05, 3.63) is 46.4 Å². The van der Waals surface area contributed by atoms with Crippen LogP contribution in [0.3, 0.4) is 0 Å². The molecule has 2 rings (SSSR count). The van der Waals surface area contributed by atoms with Crippen molar-refractivity contribution < 1.29 is 8.42 Å². The Balaban J connectivity index is 2.13. The number of benzene rings is 1. The van der Waals surface area contributed by atoms with Crippen molar-refractivity contribution >= 4 is 33.0 Å². The van der Waals surface area contributed by atoms with E-state index in [4.69, 9.17) is 11.6 Å². The van der Waals surface area contributed by atoms with Crippen LogP contribution < -0.4 is 4.72 Å². The molecule has 1 unspecified atom stereocenters. The molecule has 0 radical (unpaired) electrons. The first kappa shape index (κ1) is 15.4. The molecule has 1 aromatic carbocycles. The molecular formula is C13H15ClN2O2S2. The molecule has 0 aliphatic heterocycles. The third kappa shape index (κ3) is 3.79. The monoisotopic (exact) mass is 330 g/mol. The van der Waals surface area contributed by atoms with E-state index in [1.54, 1.807) is 37.4 Å². The number of hydrogen-bond donors (Lipinski definition) is 1. The van der Waals surface area contributed by atoms with Crippen LogP contribution in [0.5, 0.6) is 0 Å². The Kier molecular flexibility index (Phi) is 5.15. The Labute approximate surface area is 127 Å². The Morgan fingerprint density at radius 2 is 2.05 bits per heavy atom. The number of hydrogen-bond acceptors (Lipinski definition) is 4. The van der Waals surface area contributed by atoms with E-state index in [9.17, 15) is 8.42 Å². The summed E-state index contributed by atoms with van der Waals surface area (Å²) in [6.45, 7) is 1.78. The summed E-state index contributed by atoms with van der Waals surface area (Å²) in [5.74, 6) is 0.519. The van der Waals surface area contributed by atoms with Crippen LogP contribution in [-0.4, -0.2) is 19.3 Å². The zero-order valence-electron chi connectivity index (χ0n) is 10.9. The minimum atomic E-state index is -3.53. The third-order valence-corrected chi connectivity index (χ3v) is 5.47. The highest BCUT2D eigenvalue weighted by molar-refractivity contribution is 7.89. The van der Waals surface area contributed by atoms with Gasteiger partial charge in [0, 0.05) is 17.5 Å². The van der Waals surface area contributed by atoms with Gasteiger partial charge in [-0.3, -0.25) is 0 Å². The van der Waals surface area contributed by atoms with Crippen molar-refractivity contribution in [3.63, 3.8) is 0 Å². The zero-order valence-corrected chi connectivity index (χ0v) is 13.3. The van der Waals surface area contributed by atoms with Crippen LogP contribution in [0.2, 0.25) is 0 Å². The summed E-state index contributed by atoms with van der Waals surface area (Å²) in [6.07, 6.45) is 2.39. The lowest BCUT2D eigenvalue weighted by Crippen LogP contribution is -2.26. The number of halogens is 1. The van der Waals surface area contributed by atoms with Gasteiger partial charge in [-0.25, -0.2) is 18.1 Å². The number of sulfonamides is 1. The van der Waals surface area contributed by atoms with Gasteiger partial charge in [-0.15, -0.1) is 22.9 Å². The van der Waals surface area contributed by atoms with Crippen LogP contribution in [0.1, 0.15) is 23.5 Å². The molecule has 0 saturated carbocycles. The molecule has 0 fully saturated rings. The summed E-state index contributed by atoms with van der Waals surface area (Å²) in [7, 11) is -3.53. The summed E-state index contributed by atoms with van der Waals surface area (Å²) in [5, 5.41) is 2.56. The standard InChI is InChI=1S/C13H15ClN2O2S2/c1-10(13-15-8-9-19-13)16-20(17,18)12-4-2-11(3-5-12)6-7-14/h2-5,8-10,16H,6-7H2,1H3. The predicted molar refractivity (Wildman–Crippen MR) is 81.7 cm³/mol. The van der Waals surface area contributed by atoms with Crippen molar-refractivity contribution in [3.8, 4) is 0 Å². The molecule has 0 saturated heterocycles. The molecule has 0 aliphatic rings. The average Bonchev–Trinajstić information content (AvgIpc) is 2.93. The van der Waals surface area contributed by atoms with Gasteiger partial charge in [0.15, 0.2) is 0 Å². The molecule has 7 heteroatoms. The summed E-state index contributed by atoms with van der Waals surface area (Å²) < 4.78 is 27.1. The fourth-order valence-corrected chi connectivity index (χ4v) is 3.89. The Morgan fingerprint density at radius 3 is 2.60 bits per heavy atom. The van der Waals surface area contributed by atoms with Gasteiger partial charge >= 0.3 is 0 Å². The number of rotatable bonds is 6. The van der Waals surface area contributed by atoms with Gasteiger partial charge < -0.3 is 0 Å². The van der Waals surface area contributed by atoms with E-state index in [0.29, 0.717) is 5.88 Å². The maximum atomic E-state index is 12.2. The summed E-state index contributed by atoms with van der Waals surface area (Å²) in [6, 6.07) is 6.41. The van der Waals surface area contributed by atoms with Gasteiger partial charge in [-0.2, -0.15) is 0 Å². The van der Waals surface area contributed by atoms with Gasteiger partial charge in [-0.05, 0) is 31.0 Å². The number of alkyl halides is 1. The van der Waals surface area contributed by atoms with E-state index in [-0.39, 0.29) is 10.9 Å². The van der Waals surface area contributed by atoms with Gasteiger partial charge in [0.05, 0.1) is 10.9 Å². The van der Waals surface area contributed by atoms with Crippen LogP contribution in [0, 0.1) is 0 Å². The van der Waals surface area contributed by atoms with Crippen LogP contribution in [0.15, 0.2) is 40.7 Å². The zero-order chi connectivity index (χ0) is 14.6. The molecular weight excluding hydrogens is 316 g/mol. The minimum absolute atomic E-state index is 0.249. The van der Waals surface area contributed by atoms with Crippen LogP contribution in [0.25, 0.3) is 0 Å². The largest absolute Gasteiger partial charge is 0.248 e. The normalized spacial score (nSPS) is 13.3. The predicted octanol–water partition coefficient (Wildman–Crippen LogP) is 2.96. The first-order valence-electron chi connectivity index (χ1n) is 6.09. The minimum Gasteiger partial charge on any atom is -0.248 e. The Hall–Kier alpha value is -0.950. The van der Waals surface area contributed by atoms with Gasteiger partial charge in [0.25, 0.3) is 0 Å². The molecule has 0 spiro atoms. The molecule has 4 nitrogen and oxygen atoms in total. The molecule has 0 aliphatic carbocycles. The fraction of sp³-hybridized carbons (Fsp3) is 0.308. The van der Waals surface area contributed by atoms with Gasteiger partial charge in [0.1, 0.15) is 5.01 Å². The average molecular weight is 331 g/mol. The highest BCUT2D eigenvalue weighted by Crippen LogP contribution is 2.19. The van der Waals surface area contributed by atoms with Gasteiger partial charge in [0.2, 0.25) is 10.0 Å². The van der Waals surface area contributed by atoms with E-state index in [1.807, 2.05) is 5.38 Å². The van der Waals surface area contributed by atoms with Crippen LogP contribution in [-0.2, 0) is 16.4 Å². The summed E-state index contributed by atoms with van der Waals surface area (Å²) >= 11 is 7.08. The molecule has 1 atom stereocenters. The second-order valence-electron chi connectivity index (χ2n) is 4.30. The van der Waals surface area contributed by atoms with Crippen molar-refractivity contribution in [2.45, 2.75) is 24.3 Å². The molecule has 108 valence electrons. The molecule has 0 bridgehead atoms. The van der Waals surface area contributed by atoms with Crippen molar-refractivity contribution in [1.82, 2.24) is 9.71 Å². The van der Waals surface area contributed by atoms with Gasteiger partial charge in [-0.1, -0.05) is 12.1 Å². The quantitative estimate of drug-likeness (QED) is 0.828. The molecule has 0 amide bonds. The molecule has 2 aromatic rings. The van der Waals surface area contributed by atoms with E-state index >= 15 is 0 Å². The highest BCUT2D eigenvalue weighted by atomic mass is 35.5. The lowest BCUT2D eigenvalue weighted by atomic mass is 10.2. The lowest BCUT2D eigenvalue weighted by Gasteiger charge is -2.12. The van der Waals surface area contributed by atoms with Crippen LogP contribution in [0.4, 0.5) is 0 Å².